The maximum absolute atomic E-state index is 14.5. The molecule has 1 atom stereocenters. The molecular weight excluding hydrogens is 455 g/mol. The fourth-order valence-corrected chi connectivity index (χ4v) is 4.08. The van der Waals surface area contributed by atoms with Crippen molar-refractivity contribution in [2.75, 3.05) is 25.6 Å². The number of carbonyl (C=O) groups excluding carboxylic acids is 2. The quantitative estimate of drug-likeness (QED) is 0.451. The lowest BCUT2D eigenvalue weighted by atomic mass is 9.98. The van der Waals surface area contributed by atoms with Crippen LogP contribution in [0.4, 0.5) is 14.9 Å². The third-order valence-corrected chi connectivity index (χ3v) is 5.81. The highest BCUT2D eigenvalue weighted by molar-refractivity contribution is 5.95. The summed E-state index contributed by atoms with van der Waals surface area (Å²) in [5, 5.41) is 13.7. The fourth-order valence-electron chi connectivity index (χ4n) is 4.08. The highest BCUT2D eigenvalue weighted by Crippen LogP contribution is 2.44. The van der Waals surface area contributed by atoms with Crippen molar-refractivity contribution in [2.24, 2.45) is 0 Å². The Hall–Kier alpha value is -4.24. The summed E-state index contributed by atoms with van der Waals surface area (Å²) < 4.78 is 24.6. The molecule has 0 spiro atoms. The molecule has 0 aromatic heterocycles. The summed E-state index contributed by atoms with van der Waals surface area (Å²) in [4.78, 5) is 35.5. The maximum atomic E-state index is 14.5. The van der Waals surface area contributed by atoms with Crippen molar-refractivity contribution in [1.29, 1.82) is 0 Å². The standard InChI is InChI=1S/C26H23FN2O6/c1-34-23(25(31)32)13-28-24(30)20-11-10-15(12-22(20)27)29-26(33)35-14-21-18-8-4-2-6-16(18)17-7-3-5-9-19(17)21/h2-12,21,23H,13-14H2,1H3,(H,28,30)(H,29,33)(H,31,32). The topological polar surface area (TPSA) is 114 Å². The summed E-state index contributed by atoms with van der Waals surface area (Å²) in [5.74, 6) is -3.06. The lowest BCUT2D eigenvalue weighted by Gasteiger charge is -2.15. The van der Waals surface area contributed by atoms with Crippen molar-refractivity contribution in [3.05, 3.63) is 89.2 Å². The van der Waals surface area contributed by atoms with Crippen molar-refractivity contribution >= 4 is 23.7 Å². The summed E-state index contributed by atoms with van der Waals surface area (Å²) >= 11 is 0. The number of amides is 2. The minimum atomic E-state index is -1.25. The first-order valence-corrected chi connectivity index (χ1v) is 10.8. The number of halogens is 1. The molecule has 0 aliphatic heterocycles. The summed E-state index contributed by atoms with van der Waals surface area (Å²) in [6.45, 7) is -0.225. The summed E-state index contributed by atoms with van der Waals surface area (Å²) in [6.07, 6.45) is -2.01. The molecule has 1 aliphatic rings. The molecule has 4 rings (SSSR count). The van der Waals surface area contributed by atoms with Gasteiger partial charge < -0.3 is 19.9 Å². The minimum absolute atomic E-state index is 0.104. The van der Waals surface area contributed by atoms with Crippen LogP contribution in [0.3, 0.4) is 0 Å². The van der Waals surface area contributed by atoms with Crippen LogP contribution in [0.15, 0.2) is 66.7 Å². The van der Waals surface area contributed by atoms with E-state index in [2.05, 4.69) is 10.6 Å². The van der Waals surface area contributed by atoms with Gasteiger partial charge in [-0.05, 0) is 40.5 Å². The average molecular weight is 478 g/mol. The number of hydrogen-bond acceptors (Lipinski definition) is 5. The van der Waals surface area contributed by atoms with E-state index in [0.29, 0.717) is 0 Å². The second-order valence-electron chi connectivity index (χ2n) is 7.92. The number of carboxylic acid groups (broad SMARTS) is 1. The third-order valence-electron chi connectivity index (χ3n) is 5.81. The monoisotopic (exact) mass is 478 g/mol. The molecular formula is C26H23FN2O6. The van der Waals surface area contributed by atoms with Crippen LogP contribution in [0.5, 0.6) is 0 Å². The van der Waals surface area contributed by atoms with E-state index in [9.17, 15) is 18.8 Å². The predicted octanol–water partition coefficient (Wildman–Crippen LogP) is 4.02. The molecule has 0 heterocycles. The Morgan fingerprint density at radius 2 is 1.63 bits per heavy atom. The molecule has 0 fully saturated rings. The van der Waals surface area contributed by atoms with Crippen molar-refractivity contribution in [3.8, 4) is 11.1 Å². The van der Waals surface area contributed by atoms with Crippen molar-refractivity contribution < 1.29 is 33.4 Å². The number of anilines is 1. The van der Waals surface area contributed by atoms with E-state index in [1.165, 1.54) is 19.2 Å². The molecule has 0 bridgehead atoms. The number of hydrogen-bond donors (Lipinski definition) is 3. The van der Waals surface area contributed by atoms with Crippen LogP contribution in [0, 0.1) is 5.82 Å². The van der Waals surface area contributed by atoms with Crippen LogP contribution in [-0.4, -0.2) is 49.4 Å². The Kier molecular flexibility index (Phi) is 7.07. The maximum Gasteiger partial charge on any atom is 0.411 e. The van der Waals surface area contributed by atoms with E-state index in [-0.39, 0.29) is 30.3 Å². The van der Waals surface area contributed by atoms with Gasteiger partial charge in [0.2, 0.25) is 0 Å². The molecule has 3 aromatic rings. The van der Waals surface area contributed by atoms with E-state index in [1.807, 2.05) is 48.5 Å². The van der Waals surface area contributed by atoms with E-state index >= 15 is 0 Å². The van der Waals surface area contributed by atoms with Gasteiger partial charge in [0.1, 0.15) is 12.4 Å². The van der Waals surface area contributed by atoms with Gasteiger partial charge >= 0.3 is 12.1 Å². The number of fused-ring (bicyclic) bond motifs is 3. The number of ether oxygens (including phenoxy) is 2. The van der Waals surface area contributed by atoms with Crippen LogP contribution in [0.25, 0.3) is 11.1 Å². The molecule has 1 aliphatic carbocycles. The largest absolute Gasteiger partial charge is 0.479 e. The first-order chi connectivity index (χ1) is 16.9. The SMILES string of the molecule is COC(CNC(=O)c1ccc(NC(=O)OCC2c3ccccc3-c3ccccc32)cc1F)C(=O)O. The zero-order valence-electron chi connectivity index (χ0n) is 18.8. The van der Waals surface area contributed by atoms with Gasteiger partial charge in [0.05, 0.1) is 12.1 Å². The van der Waals surface area contributed by atoms with E-state index in [4.69, 9.17) is 14.6 Å². The van der Waals surface area contributed by atoms with Crippen molar-refractivity contribution in [3.63, 3.8) is 0 Å². The van der Waals surface area contributed by atoms with Crippen LogP contribution in [0.1, 0.15) is 27.4 Å². The third kappa shape index (κ3) is 5.15. The highest BCUT2D eigenvalue weighted by atomic mass is 19.1. The number of methoxy groups -OCH3 is 1. The Bertz CT molecular complexity index is 1230. The summed E-state index contributed by atoms with van der Waals surface area (Å²) in [7, 11) is 1.19. The minimum Gasteiger partial charge on any atom is -0.479 e. The van der Waals surface area contributed by atoms with Gasteiger partial charge in [-0.3, -0.25) is 10.1 Å². The second-order valence-corrected chi connectivity index (χ2v) is 7.92. The Morgan fingerprint density at radius 3 is 2.20 bits per heavy atom. The number of carboxylic acids is 1. The molecule has 0 saturated heterocycles. The molecule has 9 heteroatoms. The average Bonchev–Trinajstić information content (AvgIpc) is 3.16. The lowest BCUT2D eigenvalue weighted by molar-refractivity contribution is -0.148. The molecule has 0 radical (unpaired) electrons. The van der Waals surface area contributed by atoms with Gasteiger partial charge in [-0.15, -0.1) is 0 Å². The lowest BCUT2D eigenvalue weighted by Crippen LogP contribution is -2.38. The fraction of sp³-hybridized carbons (Fsp3) is 0.192. The number of aliphatic carboxylic acids is 1. The molecule has 1 unspecified atom stereocenters. The smallest absolute Gasteiger partial charge is 0.411 e. The number of nitrogens with one attached hydrogen (secondary N) is 2. The second kappa shape index (κ2) is 10.4. The van der Waals surface area contributed by atoms with Gasteiger partial charge in [0.15, 0.2) is 6.10 Å². The Labute approximate surface area is 200 Å². The zero-order valence-corrected chi connectivity index (χ0v) is 18.8. The molecule has 8 nitrogen and oxygen atoms in total. The van der Waals surface area contributed by atoms with E-state index in [1.54, 1.807) is 0 Å². The molecule has 3 N–H and O–H groups in total. The molecule has 2 amide bonds. The van der Waals surface area contributed by atoms with Gasteiger partial charge in [-0.2, -0.15) is 0 Å². The van der Waals surface area contributed by atoms with Crippen molar-refractivity contribution in [2.45, 2.75) is 12.0 Å². The summed E-state index contributed by atoms with van der Waals surface area (Å²) in [5.41, 5.74) is 4.16. The van der Waals surface area contributed by atoms with Gasteiger partial charge in [0, 0.05) is 18.7 Å². The molecule has 35 heavy (non-hydrogen) atoms. The van der Waals surface area contributed by atoms with Crippen LogP contribution in [-0.2, 0) is 14.3 Å². The Morgan fingerprint density at radius 1 is 1.00 bits per heavy atom. The van der Waals surface area contributed by atoms with E-state index in [0.717, 1.165) is 28.3 Å². The van der Waals surface area contributed by atoms with Crippen LogP contribution in [0.2, 0.25) is 0 Å². The number of carbonyl (C=O) groups is 3. The van der Waals surface area contributed by atoms with Crippen molar-refractivity contribution in [1.82, 2.24) is 5.32 Å². The normalized spacial score (nSPS) is 12.9. The Balaban J connectivity index is 1.36. The molecule has 180 valence electrons. The number of benzene rings is 3. The highest BCUT2D eigenvalue weighted by Gasteiger charge is 2.29. The van der Waals surface area contributed by atoms with Gasteiger partial charge in [-0.1, -0.05) is 48.5 Å². The van der Waals surface area contributed by atoms with Crippen LogP contribution >= 0.6 is 0 Å². The van der Waals surface area contributed by atoms with Crippen LogP contribution < -0.4 is 10.6 Å². The molecule has 0 saturated carbocycles. The number of rotatable bonds is 8. The van der Waals surface area contributed by atoms with Gasteiger partial charge in [-0.25, -0.2) is 14.0 Å². The predicted molar refractivity (Wildman–Crippen MR) is 126 cm³/mol. The van der Waals surface area contributed by atoms with Gasteiger partial charge in [0.25, 0.3) is 5.91 Å². The van der Waals surface area contributed by atoms with E-state index < -0.39 is 29.9 Å². The first-order valence-electron chi connectivity index (χ1n) is 10.8. The zero-order chi connectivity index (χ0) is 24.9. The molecule has 3 aromatic carbocycles. The first kappa shape index (κ1) is 23.9. The summed E-state index contributed by atoms with van der Waals surface area (Å²) in [6, 6.07) is 19.4.